The highest BCUT2D eigenvalue weighted by atomic mass is 32.2. The van der Waals surface area contributed by atoms with Crippen LogP contribution < -0.4 is 10.6 Å². The monoisotopic (exact) mass is 302 g/mol. The topological polar surface area (TPSA) is 67.4 Å². The molecule has 1 aromatic rings. The lowest BCUT2D eigenvalue weighted by Crippen LogP contribution is -2.46. The van der Waals surface area contributed by atoms with Crippen molar-refractivity contribution in [3.8, 4) is 0 Å². The summed E-state index contributed by atoms with van der Waals surface area (Å²) in [5.74, 6) is 0.366. The van der Waals surface area contributed by atoms with Gasteiger partial charge in [0, 0.05) is 4.88 Å². The van der Waals surface area contributed by atoms with Crippen molar-refractivity contribution < 1.29 is 14.3 Å². The van der Waals surface area contributed by atoms with Crippen LogP contribution in [0, 0.1) is 0 Å². The molecule has 0 aliphatic carbocycles. The maximum Gasteiger partial charge on any atom is 0.328 e. The molecule has 0 aliphatic heterocycles. The van der Waals surface area contributed by atoms with E-state index in [2.05, 4.69) is 15.4 Å². The summed E-state index contributed by atoms with van der Waals surface area (Å²) in [4.78, 5) is 24.3. The van der Waals surface area contributed by atoms with Crippen LogP contribution in [0.5, 0.6) is 0 Å². The van der Waals surface area contributed by atoms with Crippen LogP contribution in [-0.2, 0) is 16.1 Å². The molecule has 2 amide bonds. The number of esters is 1. The summed E-state index contributed by atoms with van der Waals surface area (Å²) in [6, 6.07) is 2.91. The van der Waals surface area contributed by atoms with E-state index in [0.29, 0.717) is 13.0 Å². The zero-order valence-corrected chi connectivity index (χ0v) is 12.6. The molecular formula is C12H18N2O3S2. The van der Waals surface area contributed by atoms with Crippen LogP contribution in [0.4, 0.5) is 4.79 Å². The van der Waals surface area contributed by atoms with Crippen LogP contribution >= 0.6 is 23.1 Å². The first kappa shape index (κ1) is 15.8. The van der Waals surface area contributed by atoms with Crippen molar-refractivity contribution in [3.63, 3.8) is 0 Å². The molecule has 19 heavy (non-hydrogen) atoms. The van der Waals surface area contributed by atoms with E-state index in [9.17, 15) is 9.59 Å². The smallest absolute Gasteiger partial charge is 0.328 e. The third-order valence-corrected chi connectivity index (χ3v) is 3.93. The Balaban J connectivity index is 2.39. The van der Waals surface area contributed by atoms with E-state index in [1.807, 2.05) is 23.8 Å². The van der Waals surface area contributed by atoms with Gasteiger partial charge in [-0.15, -0.1) is 11.3 Å². The number of urea groups is 1. The van der Waals surface area contributed by atoms with E-state index >= 15 is 0 Å². The Bertz CT molecular complexity index is 396. The summed E-state index contributed by atoms with van der Waals surface area (Å²) >= 11 is 3.19. The van der Waals surface area contributed by atoms with Gasteiger partial charge in [0.25, 0.3) is 0 Å². The van der Waals surface area contributed by atoms with Gasteiger partial charge in [0.15, 0.2) is 0 Å². The molecule has 1 heterocycles. The van der Waals surface area contributed by atoms with E-state index < -0.39 is 12.0 Å². The van der Waals surface area contributed by atoms with Gasteiger partial charge in [0.1, 0.15) is 6.04 Å². The summed E-state index contributed by atoms with van der Waals surface area (Å²) in [7, 11) is 1.32. The highest BCUT2D eigenvalue weighted by molar-refractivity contribution is 7.98. The predicted molar refractivity (Wildman–Crippen MR) is 78.5 cm³/mol. The quantitative estimate of drug-likeness (QED) is 0.754. The Morgan fingerprint density at radius 2 is 2.32 bits per heavy atom. The molecule has 0 fully saturated rings. The molecule has 0 spiro atoms. The maximum absolute atomic E-state index is 11.7. The first-order chi connectivity index (χ1) is 9.17. The van der Waals surface area contributed by atoms with Gasteiger partial charge in [-0.3, -0.25) is 0 Å². The zero-order chi connectivity index (χ0) is 14.1. The summed E-state index contributed by atoms with van der Waals surface area (Å²) in [5.41, 5.74) is 0. The fourth-order valence-electron chi connectivity index (χ4n) is 1.42. The molecule has 2 N–H and O–H groups in total. The van der Waals surface area contributed by atoms with Crippen LogP contribution in [0.15, 0.2) is 17.5 Å². The van der Waals surface area contributed by atoms with Crippen LogP contribution in [-0.4, -0.2) is 37.2 Å². The maximum atomic E-state index is 11.7. The second-order valence-electron chi connectivity index (χ2n) is 3.76. The van der Waals surface area contributed by atoms with Gasteiger partial charge in [0.2, 0.25) is 0 Å². The van der Waals surface area contributed by atoms with E-state index in [1.165, 1.54) is 7.11 Å². The number of carbonyl (C=O) groups is 2. The van der Waals surface area contributed by atoms with Crippen molar-refractivity contribution in [2.75, 3.05) is 19.1 Å². The molecule has 0 aliphatic rings. The number of thioether (sulfide) groups is 1. The third-order valence-electron chi connectivity index (χ3n) is 2.40. The van der Waals surface area contributed by atoms with Gasteiger partial charge < -0.3 is 15.4 Å². The molecule has 0 saturated carbocycles. The minimum atomic E-state index is -0.596. The minimum absolute atomic E-state index is 0.357. The molecule has 0 saturated heterocycles. The highest BCUT2D eigenvalue weighted by Crippen LogP contribution is 2.07. The number of hydrogen-bond donors (Lipinski definition) is 2. The molecule has 106 valence electrons. The van der Waals surface area contributed by atoms with Crippen LogP contribution in [0.2, 0.25) is 0 Å². The third kappa shape index (κ3) is 5.98. The predicted octanol–water partition coefficient (Wildman–Crippen LogP) is 1.84. The van der Waals surface area contributed by atoms with E-state index in [-0.39, 0.29) is 6.03 Å². The lowest BCUT2D eigenvalue weighted by atomic mass is 10.2. The first-order valence-electron chi connectivity index (χ1n) is 5.81. The first-order valence-corrected chi connectivity index (χ1v) is 8.08. The van der Waals surface area contributed by atoms with Crippen molar-refractivity contribution in [1.82, 2.24) is 10.6 Å². The largest absolute Gasteiger partial charge is 0.467 e. The number of carbonyl (C=O) groups excluding carboxylic acids is 2. The number of thiophene rings is 1. The number of ether oxygens (including phenoxy) is 1. The molecule has 5 nitrogen and oxygen atoms in total. The molecule has 0 unspecified atom stereocenters. The van der Waals surface area contributed by atoms with Crippen molar-refractivity contribution in [2.24, 2.45) is 0 Å². The highest BCUT2D eigenvalue weighted by Gasteiger charge is 2.20. The van der Waals surface area contributed by atoms with Crippen molar-refractivity contribution in [3.05, 3.63) is 22.4 Å². The van der Waals surface area contributed by atoms with Gasteiger partial charge in [-0.05, 0) is 29.9 Å². The summed E-state index contributed by atoms with van der Waals surface area (Å²) < 4.78 is 4.67. The molecule has 0 radical (unpaired) electrons. The minimum Gasteiger partial charge on any atom is -0.467 e. The number of methoxy groups -OCH3 is 1. The van der Waals surface area contributed by atoms with Gasteiger partial charge in [-0.1, -0.05) is 6.07 Å². The summed E-state index contributed by atoms with van der Waals surface area (Å²) in [5, 5.41) is 7.30. The molecule has 0 bridgehead atoms. The van der Waals surface area contributed by atoms with Gasteiger partial charge in [-0.2, -0.15) is 11.8 Å². The van der Waals surface area contributed by atoms with Crippen LogP contribution in [0.25, 0.3) is 0 Å². The average Bonchev–Trinajstić information content (AvgIpc) is 2.93. The molecule has 1 aromatic heterocycles. The molecule has 7 heteroatoms. The second kappa shape index (κ2) is 8.82. The lowest BCUT2D eigenvalue weighted by molar-refractivity contribution is -0.142. The van der Waals surface area contributed by atoms with Crippen molar-refractivity contribution in [1.29, 1.82) is 0 Å². The second-order valence-corrected chi connectivity index (χ2v) is 5.78. The Hall–Kier alpha value is -1.21. The fourth-order valence-corrected chi connectivity index (χ4v) is 2.53. The van der Waals surface area contributed by atoms with Gasteiger partial charge >= 0.3 is 12.0 Å². The molecule has 0 aromatic carbocycles. The molecule has 1 atom stereocenters. The molecular weight excluding hydrogens is 284 g/mol. The van der Waals surface area contributed by atoms with Crippen LogP contribution in [0.3, 0.4) is 0 Å². The lowest BCUT2D eigenvalue weighted by Gasteiger charge is -2.16. The van der Waals surface area contributed by atoms with Gasteiger partial charge in [-0.25, -0.2) is 9.59 Å². The number of rotatable bonds is 7. The van der Waals surface area contributed by atoms with E-state index in [4.69, 9.17) is 0 Å². The van der Waals surface area contributed by atoms with Crippen molar-refractivity contribution >= 4 is 35.1 Å². The standard InChI is InChI=1S/C12H18N2O3S2/c1-17-11(15)10(5-7-18-2)14-12(16)13-8-9-4-3-6-19-9/h3-4,6,10H,5,7-8H2,1-2H3,(H2,13,14,16)/t10-/m0/s1. The normalized spacial score (nSPS) is 11.7. The number of nitrogens with one attached hydrogen (secondary N) is 2. The average molecular weight is 302 g/mol. The number of amides is 2. The Labute approximate surface area is 121 Å². The van der Waals surface area contributed by atoms with Crippen molar-refractivity contribution in [2.45, 2.75) is 19.0 Å². The van der Waals surface area contributed by atoms with E-state index in [0.717, 1.165) is 10.6 Å². The Kier molecular flexibility index (Phi) is 7.35. The van der Waals surface area contributed by atoms with Crippen LogP contribution in [0.1, 0.15) is 11.3 Å². The summed E-state index contributed by atoms with van der Waals surface area (Å²) in [6.07, 6.45) is 2.51. The number of hydrogen-bond acceptors (Lipinski definition) is 5. The Morgan fingerprint density at radius 3 is 2.89 bits per heavy atom. The Morgan fingerprint density at radius 1 is 1.53 bits per heavy atom. The zero-order valence-electron chi connectivity index (χ0n) is 11.0. The van der Waals surface area contributed by atoms with Gasteiger partial charge in [0.05, 0.1) is 13.7 Å². The summed E-state index contributed by atoms with van der Waals surface area (Å²) in [6.45, 7) is 0.458. The van der Waals surface area contributed by atoms with E-state index in [1.54, 1.807) is 23.1 Å². The fraction of sp³-hybridized carbons (Fsp3) is 0.500. The SMILES string of the molecule is COC(=O)[C@H](CCSC)NC(=O)NCc1cccs1. The molecule has 1 rings (SSSR count).